The molecule has 2 aromatic carbocycles. The first kappa shape index (κ1) is 19.2. The standard InChI is InChI=1S/C23H19ClN2O3/c1-4-15-5-10-19-18(12-15)20(27)22(29-23-25-13(2)11-14(3)26-23)21(28-19)16-6-8-17(24)9-7-16/h5-12H,4H2,1-3H3. The molecule has 0 aliphatic carbocycles. The minimum Gasteiger partial charge on any atom is -0.452 e. The van der Waals surface area contributed by atoms with Gasteiger partial charge in [0.05, 0.1) is 5.39 Å². The van der Waals surface area contributed by atoms with Crippen LogP contribution in [-0.2, 0) is 6.42 Å². The van der Waals surface area contributed by atoms with Crippen LogP contribution in [0.3, 0.4) is 0 Å². The number of rotatable bonds is 4. The number of hydrogen-bond donors (Lipinski definition) is 0. The number of aryl methyl sites for hydroxylation is 3. The van der Waals surface area contributed by atoms with Gasteiger partial charge in [0, 0.05) is 22.0 Å². The molecule has 2 heterocycles. The highest BCUT2D eigenvalue weighted by atomic mass is 35.5. The largest absolute Gasteiger partial charge is 0.452 e. The first-order valence-corrected chi connectivity index (χ1v) is 9.68. The number of aromatic nitrogens is 2. The maximum absolute atomic E-state index is 13.4. The van der Waals surface area contributed by atoms with E-state index in [9.17, 15) is 4.79 Å². The Morgan fingerprint density at radius 1 is 1.00 bits per heavy atom. The molecule has 5 nitrogen and oxygen atoms in total. The minimum atomic E-state index is -0.269. The molecule has 0 unspecified atom stereocenters. The maximum Gasteiger partial charge on any atom is 0.322 e. The van der Waals surface area contributed by atoms with E-state index in [-0.39, 0.29) is 17.2 Å². The van der Waals surface area contributed by atoms with Gasteiger partial charge in [0.1, 0.15) is 5.58 Å². The van der Waals surface area contributed by atoms with E-state index in [0.717, 1.165) is 23.4 Å². The van der Waals surface area contributed by atoms with Gasteiger partial charge in [-0.2, -0.15) is 0 Å². The first-order chi connectivity index (χ1) is 13.9. The summed E-state index contributed by atoms with van der Waals surface area (Å²) in [5, 5.41) is 1.05. The Labute approximate surface area is 173 Å². The summed E-state index contributed by atoms with van der Waals surface area (Å²) in [7, 11) is 0. The fourth-order valence-electron chi connectivity index (χ4n) is 3.16. The average molecular weight is 407 g/mol. The smallest absolute Gasteiger partial charge is 0.322 e. The van der Waals surface area contributed by atoms with Crippen LogP contribution in [0.5, 0.6) is 11.8 Å². The lowest BCUT2D eigenvalue weighted by molar-refractivity contribution is 0.421. The van der Waals surface area contributed by atoms with Gasteiger partial charge in [0.25, 0.3) is 0 Å². The topological polar surface area (TPSA) is 65.2 Å². The molecule has 0 aliphatic rings. The Balaban J connectivity index is 1.97. The second-order valence-corrected chi connectivity index (χ2v) is 7.25. The Kier molecular flexibility index (Phi) is 5.07. The Bertz CT molecular complexity index is 1240. The fraction of sp³-hybridized carbons (Fsp3) is 0.174. The molecular weight excluding hydrogens is 388 g/mol. The van der Waals surface area contributed by atoms with E-state index in [4.69, 9.17) is 20.8 Å². The van der Waals surface area contributed by atoms with E-state index in [1.54, 1.807) is 24.3 Å². The molecule has 0 aliphatic heterocycles. The summed E-state index contributed by atoms with van der Waals surface area (Å²) in [6.07, 6.45) is 0.810. The molecule has 29 heavy (non-hydrogen) atoms. The lowest BCUT2D eigenvalue weighted by Gasteiger charge is -2.11. The maximum atomic E-state index is 13.4. The van der Waals surface area contributed by atoms with Crippen LogP contribution in [-0.4, -0.2) is 9.97 Å². The summed E-state index contributed by atoms with van der Waals surface area (Å²) < 4.78 is 12.0. The monoisotopic (exact) mass is 406 g/mol. The third kappa shape index (κ3) is 3.87. The highest BCUT2D eigenvalue weighted by Crippen LogP contribution is 2.33. The molecule has 0 bridgehead atoms. The molecule has 0 saturated carbocycles. The van der Waals surface area contributed by atoms with Crippen molar-refractivity contribution in [2.75, 3.05) is 0 Å². The van der Waals surface area contributed by atoms with Crippen molar-refractivity contribution < 1.29 is 9.15 Å². The van der Waals surface area contributed by atoms with Crippen LogP contribution < -0.4 is 10.2 Å². The normalized spacial score (nSPS) is 11.0. The molecule has 2 aromatic heterocycles. The summed E-state index contributed by atoms with van der Waals surface area (Å²) in [4.78, 5) is 22.0. The van der Waals surface area contributed by atoms with Crippen molar-refractivity contribution in [3.8, 4) is 23.1 Å². The van der Waals surface area contributed by atoms with Gasteiger partial charge < -0.3 is 9.15 Å². The van der Waals surface area contributed by atoms with Crippen molar-refractivity contribution in [2.45, 2.75) is 27.2 Å². The minimum absolute atomic E-state index is 0.0538. The molecule has 0 amide bonds. The van der Waals surface area contributed by atoms with Crippen molar-refractivity contribution in [3.63, 3.8) is 0 Å². The van der Waals surface area contributed by atoms with E-state index < -0.39 is 0 Å². The second-order valence-electron chi connectivity index (χ2n) is 6.82. The number of nitrogens with zero attached hydrogens (tertiary/aromatic N) is 2. The third-order valence-corrected chi connectivity index (χ3v) is 4.83. The van der Waals surface area contributed by atoms with Crippen molar-refractivity contribution in [1.29, 1.82) is 0 Å². The average Bonchev–Trinajstić information content (AvgIpc) is 2.69. The van der Waals surface area contributed by atoms with Crippen LogP contribution in [0.1, 0.15) is 23.9 Å². The highest BCUT2D eigenvalue weighted by Gasteiger charge is 2.20. The third-order valence-electron chi connectivity index (χ3n) is 4.58. The molecule has 6 heteroatoms. The summed E-state index contributed by atoms with van der Waals surface area (Å²) in [5.41, 5.74) is 3.43. The SMILES string of the molecule is CCc1ccc2oc(-c3ccc(Cl)cc3)c(Oc3nc(C)cc(C)n3)c(=O)c2c1. The van der Waals surface area contributed by atoms with Crippen molar-refractivity contribution >= 4 is 22.6 Å². The summed E-state index contributed by atoms with van der Waals surface area (Å²) in [6.45, 7) is 5.72. The van der Waals surface area contributed by atoms with Crippen LogP contribution in [0.25, 0.3) is 22.3 Å². The van der Waals surface area contributed by atoms with Crippen LogP contribution >= 0.6 is 11.6 Å². The van der Waals surface area contributed by atoms with Gasteiger partial charge in [0.2, 0.25) is 11.2 Å². The zero-order valence-electron chi connectivity index (χ0n) is 16.3. The molecular formula is C23H19ClN2O3. The van der Waals surface area contributed by atoms with Crippen LogP contribution in [0.4, 0.5) is 0 Å². The first-order valence-electron chi connectivity index (χ1n) is 9.30. The van der Waals surface area contributed by atoms with E-state index in [1.165, 1.54) is 0 Å². The summed E-state index contributed by atoms with van der Waals surface area (Å²) in [6, 6.07) is 14.6. The van der Waals surface area contributed by atoms with Gasteiger partial charge in [-0.3, -0.25) is 4.79 Å². The van der Waals surface area contributed by atoms with Gasteiger partial charge in [-0.05, 0) is 68.3 Å². The number of fused-ring (bicyclic) bond motifs is 1. The molecule has 0 radical (unpaired) electrons. The molecule has 4 aromatic rings. The Hall–Kier alpha value is -3.18. The predicted molar refractivity (Wildman–Crippen MR) is 114 cm³/mol. The molecule has 146 valence electrons. The Morgan fingerprint density at radius 3 is 2.34 bits per heavy atom. The lowest BCUT2D eigenvalue weighted by atomic mass is 10.1. The molecule has 0 saturated heterocycles. The lowest BCUT2D eigenvalue weighted by Crippen LogP contribution is -2.09. The highest BCUT2D eigenvalue weighted by molar-refractivity contribution is 6.30. The van der Waals surface area contributed by atoms with E-state index in [2.05, 4.69) is 9.97 Å². The van der Waals surface area contributed by atoms with E-state index in [0.29, 0.717) is 27.3 Å². The molecule has 0 atom stereocenters. The van der Waals surface area contributed by atoms with Gasteiger partial charge >= 0.3 is 6.01 Å². The molecule has 4 rings (SSSR count). The number of hydrogen-bond acceptors (Lipinski definition) is 5. The van der Waals surface area contributed by atoms with Gasteiger partial charge in [-0.25, -0.2) is 9.97 Å². The zero-order chi connectivity index (χ0) is 20.5. The summed E-state index contributed by atoms with van der Waals surface area (Å²) in [5.74, 6) is 0.365. The van der Waals surface area contributed by atoms with E-state index in [1.807, 2.05) is 45.0 Å². The van der Waals surface area contributed by atoms with Crippen LogP contribution in [0.15, 0.2) is 57.7 Å². The molecule has 0 fully saturated rings. The van der Waals surface area contributed by atoms with Crippen molar-refractivity contribution in [1.82, 2.24) is 9.97 Å². The number of benzene rings is 2. The van der Waals surface area contributed by atoms with Gasteiger partial charge in [-0.15, -0.1) is 0 Å². The number of halogens is 1. The van der Waals surface area contributed by atoms with Crippen LogP contribution in [0, 0.1) is 13.8 Å². The second kappa shape index (κ2) is 7.68. The zero-order valence-corrected chi connectivity index (χ0v) is 17.1. The van der Waals surface area contributed by atoms with Crippen LogP contribution in [0.2, 0.25) is 5.02 Å². The van der Waals surface area contributed by atoms with Crippen molar-refractivity contribution in [3.05, 3.63) is 80.7 Å². The fourth-order valence-corrected chi connectivity index (χ4v) is 3.29. The van der Waals surface area contributed by atoms with Crippen molar-refractivity contribution in [2.24, 2.45) is 0 Å². The quantitative estimate of drug-likeness (QED) is 0.423. The Morgan fingerprint density at radius 2 is 1.69 bits per heavy atom. The molecule has 0 spiro atoms. The van der Waals surface area contributed by atoms with E-state index >= 15 is 0 Å². The van der Waals surface area contributed by atoms with Gasteiger partial charge in [0.15, 0.2) is 5.76 Å². The summed E-state index contributed by atoms with van der Waals surface area (Å²) >= 11 is 6.02. The number of ether oxygens (including phenoxy) is 1. The van der Waals surface area contributed by atoms with Gasteiger partial charge in [-0.1, -0.05) is 24.6 Å². The predicted octanol–water partition coefficient (Wildman–Crippen LogP) is 5.87. The molecule has 0 N–H and O–H groups in total.